The fourth-order valence-electron chi connectivity index (χ4n) is 2.28. The number of ketones is 1. The molecule has 3 rings (SSSR count). The second kappa shape index (κ2) is 8.41. The zero-order valence-corrected chi connectivity index (χ0v) is 15.6. The highest BCUT2D eigenvalue weighted by molar-refractivity contribution is 7.18. The van der Waals surface area contributed by atoms with Crippen molar-refractivity contribution in [2.24, 2.45) is 0 Å². The number of rotatable bonds is 7. The summed E-state index contributed by atoms with van der Waals surface area (Å²) in [6.07, 6.45) is 0. The number of carbonyl (C=O) groups excluding carboxylic acids is 2. The standard InChI is InChI=1S/C19H17N3O4S/c1-12(23)14-8-9-15(16(10-14)25-2)26-11-17(24)20-19-22-21-18(27-19)13-6-4-3-5-7-13/h3-10H,11H2,1-2H3,(H,20,22,24). The molecule has 0 saturated carbocycles. The lowest BCUT2D eigenvalue weighted by molar-refractivity contribution is -0.118. The van der Waals surface area contributed by atoms with Crippen molar-refractivity contribution in [2.45, 2.75) is 6.92 Å². The van der Waals surface area contributed by atoms with Gasteiger partial charge in [-0.1, -0.05) is 41.7 Å². The van der Waals surface area contributed by atoms with Crippen LogP contribution in [0, 0.1) is 0 Å². The van der Waals surface area contributed by atoms with Gasteiger partial charge in [-0.3, -0.25) is 14.9 Å². The first kappa shape index (κ1) is 18.5. The lowest BCUT2D eigenvalue weighted by Gasteiger charge is -2.11. The number of hydrogen-bond acceptors (Lipinski definition) is 7. The molecular weight excluding hydrogens is 366 g/mol. The van der Waals surface area contributed by atoms with Crippen molar-refractivity contribution in [1.82, 2.24) is 10.2 Å². The Kier molecular flexibility index (Phi) is 5.77. The van der Waals surface area contributed by atoms with Crippen molar-refractivity contribution >= 4 is 28.2 Å². The number of aromatic nitrogens is 2. The summed E-state index contributed by atoms with van der Waals surface area (Å²) >= 11 is 1.28. The number of methoxy groups -OCH3 is 1. The first-order valence-electron chi connectivity index (χ1n) is 8.07. The molecule has 7 nitrogen and oxygen atoms in total. The van der Waals surface area contributed by atoms with E-state index in [1.807, 2.05) is 30.3 Å². The van der Waals surface area contributed by atoms with Gasteiger partial charge < -0.3 is 9.47 Å². The summed E-state index contributed by atoms with van der Waals surface area (Å²) in [6, 6.07) is 14.4. The number of nitrogens with one attached hydrogen (secondary N) is 1. The SMILES string of the molecule is COc1cc(C(C)=O)ccc1OCC(=O)Nc1nnc(-c2ccccc2)s1. The second-order valence-corrected chi connectivity index (χ2v) is 6.51. The van der Waals surface area contributed by atoms with Crippen molar-refractivity contribution in [3.63, 3.8) is 0 Å². The number of anilines is 1. The lowest BCUT2D eigenvalue weighted by Crippen LogP contribution is -2.20. The monoisotopic (exact) mass is 383 g/mol. The molecule has 0 aliphatic heterocycles. The van der Waals surface area contributed by atoms with Crippen molar-refractivity contribution < 1.29 is 19.1 Å². The fraction of sp³-hybridized carbons (Fsp3) is 0.158. The van der Waals surface area contributed by atoms with E-state index in [1.165, 1.54) is 25.4 Å². The Morgan fingerprint density at radius 1 is 1.07 bits per heavy atom. The number of nitrogens with zero attached hydrogens (tertiary/aromatic N) is 2. The average molecular weight is 383 g/mol. The van der Waals surface area contributed by atoms with Crippen LogP contribution in [0.5, 0.6) is 11.5 Å². The predicted molar refractivity (Wildman–Crippen MR) is 102 cm³/mol. The minimum Gasteiger partial charge on any atom is -0.493 e. The van der Waals surface area contributed by atoms with Gasteiger partial charge >= 0.3 is 0 Å². The Morgan fingerprint density at radius 2 is 1.85 bits per heavy atom. The lowest BCUT2D eigenvalue weighted by atomic mass is 10.1. The number of Topliss-reactive ketones (excluding diaryl/α,β-unsaturated/α-hetero) is 1. The summed E-state index contributed by atoms with van der Waals surface area (Å²) in [5, 5.41) is 11.8. The molecule has 1 amide bonds. The Morgan fingerprint density at radius 3 is 2.56 bits per heavy atom. The van der Waals surface area contributed by atoms with E-state index in [0.717, 1.165) is 5.56 Å². The molecule has 0 bridgehead atoms. The Labute approximate surface area is 160 Å². The molecule has 27 heavy (non-hydrogen) atoms. The molecule has 0 atom stereocenters. The molecular formula is C19H17N3O4S. The molecule has 0 unspecified atom stereocenters. The van der Waals surface area contributed by atoms with Gasteiger partial charge in [-0.25, -0.2) is 0 Å². The van der Waals surface area contributed by atoms with Crippen LogP contribution in [-0.4, -0.2) is 35.6 Å². The average Bonchev–Trinajstić information content (AvgIpc) is 3.15. The molecule has 0 radical (unpaired) electrons. The highest BCUT2D eigenvalue weighted by atomic mass is 32.1. The normalized spacial score (nSPS) is 10.3. The van der Waals surface area contributed by atoms with E-state index in [1.54, 1.807) is 18.2 Å². The second-order valence-electron chi connectivity index (χ2n) is 5.54. The third-order valence-corrected chi connectivity index (χ3v) is 4.51. The number of carbonyl (C=O) groups is 2. The van der Waals surface area contributed by atoms with Crippen molar-refractivity contribution in [2.75, 3.05) is 19.0 Å². The van der Waals surface area contributed by atoms with Crippen LogP contribution in [0.3, 0.4) is 0 Å². The zero-order chi connectivity index (χ0) is 19.2. The third-order valence-electron chi connectivity index (χ3n) is 3.62. The summed E-state index contributed by atoms with van der Waals surface area (Å²) in [4.78, 5) is 23.5. The van der Waals surface area contributed by atoms with Crippen molar-refractivity contribution in [3.05, 3.63) is 54.1 Å². The Hall–Kier alpha value is -3.26. The summed E-state index contributed by atoms with van der Waals surface area (Å²) in [6.45, 7) is 1.24. The van der Waals surface area contributed by atoms with E-state index in [9.17, 15) is 9.59 Å². The van der Waals surface area contributed by atoms with Crippen LogP contribution in [0.25, 0.3) is 10.6 Å². The molecule has 1 N–H and O–H groups in total. The van der Waals surface area contributed by atoms with E-state index in [0.29, 0.717) is 27.2 Å². The van der Waals surface area contributed by atoms with E-state index >= 15 is 0 Å². The van der Waals surface area contributed by atoms with Crippen LogP contribution in [0.2, 0.25) is 0 Å². The first-order valence-corrected chi connectivity index (χ1v) is 8.89. The minimum absolute atomic E-state index is 0.0805. The minimum atomic E-state index is -0.372. The van der Waals surface area contributed by atoms with Gasteiger partial charge in [0, 0.05) is 11.1 Å². The van der Waals surface area contributed by atoms with Crippen LogP contribution in [-0.2, 0) is 4.79 Å². The van der Waals surface area contributed by atoms with Gasteiger partial charge in [0.2, 0.25) is 5.13 Å². The Bertz CT molecular complexity index is 957. The van der Waals surface area contributed by atoms with Gasteiger partial charge in [0.25, 0.3) is 5.91 Å². The number of amides is 1. The largest absolute Gasteiger partial charge is 0.493 e. The molecule has 0 aliphatic rings. The molecule has 0 spiro atoms. The maximum Gasteiger partial charge on any atom is 0.264 e. The van der Waals surface area contributed by atoms with E-state index in [-0.39, 0.29) is 18.3 Å². The molecule has 3 aromatic rings. The van der Waals surface area contributed by atoms with Gasteiger partial charge in [-0.2, -0.15) is 0 Å². The van der Waals surface area contributed by atoms with Gasteiger partial charge in [0.1, 0.15) is 5.01 Å². The van der Waals surface area contributed by atoms with E-state index < -0.39 is 0 Å². The topological polar surface area (TPSA) is 90.4 Å². The third kappa shape index (κ3) is 4.68. The summed E-state index contributed by atoms with van der Waals surface area (Å²) in [5.41, 5.74) is 1.44. The van der Waals surface area contributed by atoms with Crippen LogP contribution in [0.15, 0.2) is 48.5 Å². The van der Waals surface area contributed by atoms with Gasteiger partial charge in [-0.05, 0) is 25.1 Å². The zero-order valence-electron chi connectivity index (χ0n) is 14.8. The number of hydrogen-bond donors (Lipinski definition) is 1. The molecule has 0 aliphatic carbocycles. The van der Waals surface area contributed by atoms with Gasteiger partial charge in [-0.15, -0.1) is 10.2 Å². The van der Waals surface area contributed by atoms with Gasteiger partial charge in [0.05, 0.1) is 7.11 Å². The van der Waals surface area contributed by atoms with Crippen LogP contribution >= 0.6 is 11.3 Å². The molecule has 138 valence electrons. The number of benzene rings is 2. The molecule has 8 heteroatoms. The molecule has 1 heterocycles. The summed E-state index contributed by atoms with van der Waals surface area (Å²) in [5.74, 6) is 0.309. The van der Waals surface area contributed by atoms with Crippen molar-refractivity contribution in [1.29, 1.82) is 0 Å². The quantitative estimate of drug-likeness (QED) is 0.629. The smallest absolute Gasteiger partial charge is 0.264 e. The molecule has 0 fully saturated rings. The van der Waals surface area contributed by atoms with Crippen LogP contribution in [0.4, 0.5) is 5.13 Å². The predicted octanol–water partition coefficient (Wildman–Crippen LogP) is 3.43. The molecule has 0 saturated heterocycles. The fourth-order valence-corrected chi connectivity index (χ4v) is 3.04. The highest BCUT2D eigenvalue weighted by Gasteiger charge is 2.13. The van der Waals surface area contributed by atoms with Crippen LogP contribution in [0.1, 0.15) is 17.3 Å². The maximum atomic E-state index is 12.1. The summed E-state index contributed by atoms with van der Waals surface area (Å²) < 4.78 is 10.7. The summed E-state index contributed by atoms with van der Waals surface area (Å²) in [7, 11) is 1.47. The molecule has 1 aromatic heterocycles. The Balaban J connectivity index is 1.60. The highest BCUT2D eigenvalue weighted by Crippen LogP contribution is 2.29. The van der Waals surface area contributed by atoms with E-state index in [4.69, 9.17) is 9.47 Å². The van der Waals surface area contributed by atoms with E-state index in [2.05, 4.69) is 15.5 Å². The first-order chi connectivity index (χ1) is 13.1. The molecule has 2 aromatic carbocycles. The maximum absolute atomic E-state index is 12.1. The number of ether oxygens (including phenoxy) is 2. The van der Waals surface area contributed by atoms with Gasteiger partial charge in [0.15, 0.2) is 23.9 Å². The van der Waals surface area contributed by atoms with Crippen molar-refractivity contribution in [3.8, 4) is 22.1 Å². The van der Waals surface area contributed by atoms with Crippen LogP contribution < -0.4 is 14.8 Å².